The third-order valence-corrected chi connectivity index (χ3v) is 7.17. The number of fused-ring (bicyclic) bond motifs is 9. The summed E-state index contributed by atoms with van der Waals surface area (Å²) in [6.07, 6.45) is 9.42. The van der Waals surface area contributed by atoms with Gasteiger partial charge in [-0.2, -0.15) is 0 Å². The van der Waals surface area contributed by atoms with E-state index in [0.717, 1.165) is 11.8 Å². The summed E-state index contributed by atoms with van der Waals surface area (Å²) in [5, 5.41) is 0. The Labute approximate surface area is 100 Å². The van der Waals surface area contributed by atoms with Crippen LogP contribution in [0.5, 0.6) is 0 Å². The van der Waals surface area contributed by atoms with Gasteiger partial charge in [-0.1, -0.05) is 26.7 Å². The minimum absolute atomic E-state index is 1.12. The van der Waals surface area contributed by atoms with Crippen molar-refractivity contribution in [2.45, 2.75) is 52.4 Å². The second kappa shape index (κ2) is 3.27. The SMILES string of the molecule is CCC1C(CC)C2CC1C1C3CCC(C3)C21. The molecule has 4 fully saturated rings. The van der Waals surface area contributed by atoms with Gasteiger partial charge in [0, 0.05) is 0 Å². The molecule has 8 atom stereocenters. The van der Waals surface area contributed by atoms with Crippen molar-refractivity contribution in [1.29, 1.82) is 0 Å². The molecule has 0 amide bonds. The van der Waals surface area contributed by atoms with Gasteiger partial charge in [0.25, 0.3) is 0 Å². The van der Waals surface area contributed by atoms with E-state index in [9.17, 15) is 0 Å². The molecule has 0 spiro atoms. The van der Waals surface area contributed by atoms with Gasteiger partial charge in [-0.05, 0) is 73.0 Å². The minimum atomic E-state index is 1.12. The predicted molar refractivity (Wildman–Crippen MR) is 67.0 cm³/mol. The maximum Gasteiger partial charge on any atom is -0.0321 e. The smallest absolute Gasteiger partial charge is 0.0321 e. The summed E-state index contributed by atoms with van der Waals surface area (Å²) >= 11 is 0. The molecule has 16 heavy (non-hydrogen) atoms. The topological polar surface area (TPSA) is 0 Å². The molecule has 0 nitrogen and oxygen atoms in total. The Hall–Kier alpha value is 0. The Morgan fingerprint density at radius 2 is 1.25 bits per heavy atom. The van der Waals surface area contributed by atoms with Crippen LogP contribution in [-0.4, -0.2) is 0 Å². The molecule has 4 aliphatic carbocycles. The summed E-state index contributed by atoms with van der Waals surface area (Å²) in [6.45, 7) is 4.91. The van der Waals surface area contributed by atoms with Crippen molar-refractivity contribution in [2.24, 2.45) is 47.3 Å². The number of rotatable bonds is 2. The zero-order valence-electron chi connectivity index (χ0n) is 10.9. The lowest BCUT2D eigenvalue weighted by Gasteiger charge is -2.43. The normalized spacial score (nSPS) is 61.9. The van der Waals surface area contributed by atoms with E-state index in [1.54, 1.807) is 25.7 Å². The lowest BCUT2D eigenvalue weighted by molar-refractivity contribution is 0.0521. The monoisotopic (exact) mass is 218 g/mol. The van der Waals surface area contributed by atoms with Gasteiger partial charge in [0.1, 0.15) is 0 Å². The quantitative estimate of drug-likeness (QED) is 0.604. The van der Waals surface area contributed by atoms with Crippen molar-refractivity contribution in [1.82, 2.24) is 0 Å². The molecule has 4 aliphatic rings. The van der Waals surface area contributed by atoms with Gasteiger partial charge in [-0.25, -0.2) is 0 Å². The Bertz CT molecular complexity index is 266. The van der Waals surface area contributed by atoms with Crippen LogP contribution in [0, 0.1) is 47.3 Å². The molecule has 0 aromatic rings. The second-order valence-electron chi connectivity index (χ2n) is 7.20. The summed E-state index contributed by atoms with van der Waals surface area (Å²) in [7, 11) is 0. The molecule has 4 bridgehead atoms. The molecule has 4 rings (SSSR count). The number of hydrogen-bond acceptors (Lipinski definition) is 0. The molecule has 0 N–H and O–H groups in total. The van der Waals surface area contributed by atoms with Crippen molar-refractivity contribution in [3.05, 3.63) is 0 Å². The molecule has 0 radical (unpaired) electrons. The molecular formula is C16H26. The van der Waals surface area contributed by atoms with E-state index < -0.39 is 0 Å². The lowest BCUT2D eigenvalue weighted by Crippen LogP contribution is -2.37. The van der Waals surface area contributed by atoms with Crippen LogP contribution in [0.3, 0.4) is 0 Å². The highest BCUT2D eigenvalue weighted by Gasteiger charge is 2.64. The van der Waals surface area contributed by atoms with E-state index in [2.05, 4.69) is 13.8 Å². The zero-order valence-corrected chi connectivity index (χ0v) is 10.9. The van der Waals surface area contributed by atoms with Crippen LogP contribution >= 0.6 is 0 Å². The van der Waals surface area contributed by atoms with Crippen LogP contribution < -0.4 is 0 Å². The van der Waals surface area contributed by atoms with Gasteiger partial charge in [0.2, 0.25) is 0 Å². The van der Waals surface area contributed by atoms with Crippen molar-refractivity contribution < 1.29 is 0 Å². The lowest BCUT2D eigenvalue weighted by atomic mass is 9.62. The highest BCUT2D eigenvalue weighted by atomic mass is 14.7. The molecule has 8 unspecified atom stereocenters. The van der Waals surface area contributed by atoms with Crippen LogP contribution in [0.1, 0.15) is 52.4 Å². The third kappa shape index (κ3) is 0.985. The first kappa shape index (κ1) is 9.97. The van der Waals surface area contributed by atoms with Crippen LogP contribution in [-0.2, 0) is 0 Å². The first-order valence-electron chi connectivity index (χ1n) is 7.85. The van der Waals surface area contributed by atoms with Crippen molar-refractivity contribution in [3.8, 4) is 0 Å². The molecule has 0 aromatic heterocycles. The molecular weight excluding hydrogens is 192 g/mol. The summed E-state index contributed by atoms with van der Waals surface area (Å²) < 4.78 is 0. The van der Waals surface area contributed by atoms with Gasteiger partial charge in [0.05, 0.1) is 0 Å². The van der Waals surface area contributed by atoms with Gasteiger partial charge in [0.15, 0.2) is 0 Å². The van der Waals surface area contributed by atoms with E-state index in [4.69, 9.17) is 0 Å². The van der Waals surface area contributed by atoms with Gasteiger partial charge >= 0.3 is 0 Å². The molecule has 0 aliphatic heterocycles. The molecule has 0 heteroatoms. The Balaban J connectivity index is 1.68. The summed E-state index contributed by atoms with van der Waals surface area (Å²) in [4.78, 5) is 0. The van der Waals surface area contributed by atoms with E-state index in [1.165, 1.54) is 48.3 Å². The third-order valence-electron chi connectivity index (χ3n) is 7.17. The Morgan fingerprint density at radius 1 is 0.750 bits per heavy atom. The highest BCUT2D eigenvalue weighted by Crippen LogP contribution is 2.71. The molecule has 0 saturated heterocycles. The first-order chi connectivity index (χ1) is 7.85. The fourth-order valence-electron chi connectivity index (χ4n) is 7.05. The standard InChI is InChI=1S/C16H26/c1-3-11-12(4-2)14-8-13(11)15-9-5-6-10(7-9)16(14)15/h9-16H,3-8H2,1-2H3. The average Bonchev–Trinajstić information content (AvgIpc) is 3.03. The summed E-state index contributed by atoms with van der Waals surface area (Å²) in [5.74, 6) is 9.34. The van der Waals surface area contributed by atoms with Crippen LogP contribution in [0.25, 0.3) is 0 Å². The molecule has 0 heterocycles. The van der Waals surface area contributed by atoms with Crippen molar-refractivity contribution >= 4 is 0 Å². The average molecular weight is 218 g/mol. The minimum Gasteiger partial charge on any atom is -0.0651 e. The fourth-order valence-corrected chi connectivity index (χ4v) is 7.05. The van der Waals surface area contributed by atoms with Gasteiger partial charge in [-0.15, -0.1) is 0 Å². The van der Waals surface area contributed by atoms with Crippen LogP contribution in [0.15, 0.2) is 0 Å². The van der Waals surface area contributed by atoms with Gasteiger partial charge < -0.3 is 0 Å². The van der Waals surface area contributed by atoms with E-state index in [0.29, 0.717) is 0 Å². The highest BCUT2D eigenvalue weighted by molar-refractivity contribution is 5.12. The molecule has 0 aromatic carbocycles. The predicted octanol–water partition coefficient (Wildman–Crippen LogP) is 4.35. The van der Waals surface area contributed by atoms with Crippen LogP contribution in [0.2, 0.25) is 0 Å². The second-order valence-corrected chi connectivity index (χ2v) is 7.20. The summed E-state index contributed by atoms with van der Waals surface area (Å²) in [5.41, 5.74) is 0. The Kier molecular flexibility index (Phi) is 2.04. The molecule has 90 valence electrons. The van der Waals surface area contributed by atoms with Crippen molar-refractivity contribution in [2.75, 3.05) is 0 Å². The van der Waals surface area contributed by atoms with E-state index in [-0.39, 0.29) is 0 Å². The Morgan fingerprint density at radius 3 is 1.69 bits per heavy atom. The first-order valence-corrected chi connectivity index (χ1v) is 7.85. The van der Waals surface area contributed by atoms with E-state index >= 15 is 0 Å². The maximum absolute atomic E-state index is 2.45. The fraction of sp³-hybridized carbons (Fsp3) is 1.00. The largest absolute Gasteiger partial charge is 0.0651 e. The summed E-state index contributed by atoms with van der Waals surface area (Å²) in [6, 6.07) is 0. The zero-order chi connectivity index (χ0) is 10.9. The number of hydrogen-bond donors (Lipinski definition) is 0. The molecule has 4 saturated carbocycles. The van der Waals surface area contributed by atoms with E-state index in [1.807, 2.05) is 0 Å². The van der Waals surface area contributed by atoms with Crippen LogP contribution in [0.4, 0.5) is 0 Å². The van der Waals surface area contributed by atoms with Crippen molar-refractivity contribution in [3.63, 3.8) is 0 Å². The van der Waals surface area contributed by atoms with Gasteiger partial charge in [-0.3, -0.25) is 0 Å². The maximum atomic E-state index is 2.45.